The monoisotopic (exact) mass is 320 g/mol. The molecule has 1 aromatic carbocycles. The number of phenolic OH excluding ortho intramolecular Hbond substituents is 1. The standard InChI is InChI=1S/C11H14Br2O/c1-11(7-12,8-13)6-9-3-2-4-10(14)5-9/h2-5,14H,6-8H2,1H3. The van der Waals surface area contributed by atoms with E-state index in [1.165, 1.54) is 5.56 Å². The first kappa shape index (κ1) is 12.1. The van der Waals surface area contributed by atoms with Gasteiger partial charge in [0.05, 0.1) is 0 Å². The van der Waals surface area contributed by atoms with Gasteiger partial charge in [-0.15, -0.1) is 0 Å². The van der Waals surface area contributed by atoms with Crippen molar-refractivity contribution in [1.82, 2.24) is 0 Å². The highest BCUT2D eigenvalue weighted by Crippen LogP contribution is 2.28. The highest BCUT2D eigenvalue weighted by atomic mass is 79.9. The molecular formula is C11H14Br2O. The first-order chi connectivity index (χ1) is 6.59. The molecule has 0 aliphatic rings. The van der Waals surface area contributed by atoms with Crippen molar-refractivity contribution in [3.05, 3.63) is 29.8 Å². The SMILES string of the molecule is CC(CBr)(CBr)Cc1cccc(O)c1. The molecule has 0 aliphatic heterocycles. The Balaban J connectivity index is 2.77. The molecule has 0 aromatic heterocycles. The predicted molar refractivity (Wildman–Crippen MR) is 67.5 cm³/mol. The van der Waals surface area contributed by atoms with Crippen LogP contribution in [-0.4, -0.2) is 15.8 Å². The lowest BCUT2D eigenvalue weighted by Gasteiger charge is -2.24. The van der Waals surface area contributed by atoms with Gasteiger partial charge in [-0.05, 0) is 29.5 Å². The third kappa shape index (κ3) is 3.28. The summed E-state index contributed by atoms with van der Waals surface area (Å²) in [4.78, 5) is 0. The van der Waals surface area contributed by atoms with Crippen LogP contribution >= 0.6 is 31.9 Å². The maximum Gasteiger partial charge on any atom is 0.115 e. The van der Waals surface area contributed by atoms with E-state index in [2.05, 4.69) is 38.8 Å². The summed E-state index contributed by atoms with van der Waals surface area (Å²) in [6.45, 7) is 2.21. The summed E-state index contributed by atoms with van der Waals surface area (Å²) < 4.78 is 0. The second kappa shape index (κ2) is 5.17. The van der Waals surface area contributed by atoms with Gasteiger partial charge in [0.15, 0.2) is 0 Å². The average molecular weight is 322 g/mol. The normalized spacial score (nSPS) is 11.6. The van der Waals surface area contributed by atoms with Gasteiger partial charge in [-0.1, -0.05) is 50.9 Å². The highest BCUT2D eigenvalue weighted by Gasteiger charge is 2.21. The second-order valence-corrected chi connectivity index (χ2v) is 5.05. The lowest BCUT2D eigenvalue weighted by atomic mass is 9.88. The summed E-state index contributed by atoms with van der Waals surface area (Å²) in [5.41, 5.74) is 1.37. The van der Waals surface area contributed by atoms with Crippen molar-refractivity contribution >= 4 is 31.9 Å². The van der Waals surface area contributed by atoms with Gasteiger partial charge in [0.1, 0.15) is 5.75 Å². The van der Waals surface area contributed by atoms with Crippen LogP contribution in [0.25, 0.3) is 0 Å². The summed E-state index contributed by atoms with van der Waals surface area (Å²) in [6.07, 6.45) is 0.956. The number of halogens is 2. The molecule has 1 aromatic rings. The van der Waals surface area contributed by atoms with E-state index >= 15 is 0 Å². The van der Waals surface area contributed by atoms with Crippen LogP contribution in [0.15, 0.2) is 24.3 Å². The minimum Gasteiger partial charge on any atom is -0.508 e. The third-order valence-corrected chi connectivity index (χ3v) is 4.89. The Bertz CT molecular complexity index is 295. The predicted octanol–water partition coefficient (Wildman–Crippen LogP) is 3.73. The molecule has 1 N–H and O–H groups in total. The molecule has 0 saturated heterocycles. The lowest BCUT2D eigenvalue weighted by molar-refractivity contribution is 0.435. The average Bonchev–Trinajstić information content (AvgIpc) is 2.18. The van der Waals surface area contributed by atoms with Crippen LogP contribution in [0, 0.1) is 5.41 Å². The molecule has 0 bridgehead atoms. The maximum atomic E-state index is 9.33. The molecule has 0 amide bonds. The molecular weight excluding hydrogens is 308 g/mol. The topological polar surface area (TPSA) is 20.2 Å². The first-order valence-corrected chi connectivity index (χ1v) is 6.74. The Hall–Kier alpha value is -0.0200. The smallest absolute Gasteiger partial charge is 0.115 e. The van der Waals surface area contributed by atoms with E-state index in [-0.39, 0.29) is 5.41 Å². The number of alkyl halides is 2. The second-order valence-electron chi connectivity index (χ2n) is 3.92. The zero-order valence-electron chi connectivity index (χ0n) is 8.13. The van der Waals surface area contributed by atoms with Gasteiger partial charge in [0.2, 0.25) is 0 Å². The summed E-state index contributed by atoms with van der Waals surface area (Å²) in [5.74, 6) is 0.342. The van der Waals surface area contributed by atoms with Crippen LogP contribution in [0.1, 0.15) is 12.5 Å². The van der Waals surface area contributed by atoms with Gasteiger partial charge < -0.3 is 5.11 Å². The molecule has 3 heteroatoms. The van der Waals surface area contributed by atoms with E-state index < -0.39 is 0 Å². The number of benzene rings is 1. The van der Waals surface area contributed by atoms with Crippen LogP contribution in [0.3, 0.4) is 0 Å². The molecule has 0 radical (unpaired) electrons. The van der Waals surface area contributed by atoms with Crippen molar-refractivity contribution in [2.75, 3.05) is 10.7 Å². The van der Waals surface area contributed by atoms with Crippen LogP contribution in [0.2, 0.25) is 0 Å². The quantitative estimate of drug-likeness (QED) is 0.838. The molecule has 0 unspecified atom stereocenters. The van der Waals surface area contributed by atoms with Crippen molar-refractivity contribution in [2.45, 2.75) is 13.3 Å². The fraction of sp³-hybridized carbons (Fsp3) is 0.455. The molecule has 0 saturated carbocycles. The molecule has 0 aliphatic carbocycles. The molecule has 1 nitrogen and oxygen atoms in total. The van der Waals surface area contributed by atoms with Crippen LogP contribution in [0.4, 0.5) is 0 Å². The van der Waals surface area contributed by atoms with Crippen molar-refractivity contribution in [1.29, 1.82) is 0 Å². The van der Waals surface area contributed by atoms with E-state index in [4.69, 9.17) is 0 Å². The molecule has 0 fully saturated rings. The molecule has 0 spiro atoms. The summed E-state index contributed by atoms with van der Waals surface area (Å²) in [5, 5.41) is 11.2. The number of aromatic hydroxyl groups is 1. The first-order valence-electron chi connectivity index (χ1n) is 4.49. The Morgan fingerprint density at radius 3 is 2.43 bits per heavy atom. The zero-order chi connectivity index (χ0) is 10.6. The van der Waals surface area contributed by atoms with Gasteiger partial charge in [-0.25, -0.2) is 0 Å². The summed E-state index contributed by atoms with van der Waals surface area (Å²) >= 11 is 7.03. The Morgan fingerprint density at radius 1 is 1.29 bits per heavy atom. The third-order valence-electron chi connectivity index (χ3n) is 2.19. The van der Waals surface area contributed by atoms with Crippen molar-refractivity contribution in [3.8, 4) is 5.75 Å². The van der Waals surface area contributed by atoms with Gasteiger partial charge in [-0.2, -0.15) is 0 Å². The Morgan fingerprint density at radius 2 is 1.93 bits per heavy atom. The fourth-order valence-corrected chi connectivity index (χ4v) is 2.61. The minimum atomic E-state index is 0.202. The Labute approximate surface area is 102 Å². The van der Waals surface area contributed by atoms with Crippen molar-refractivity contribution < 1.29 is 5.11 Å². The largest absolute Gasteiger partial charge is 0.508 e. The van der Waals surface area contributed by atoms with Gasteiger partial charge >= 0.3 is 0 Å². The van der Waals surface area contributed by atoms with E-state index in [0.717, 1.165) is 17.1 Å². The van der Waals surface area contributed by atoms with E-state index in [9.17, 15) is 5.11 Å². The van der Waals surface area contributed by atoms with Crippen LogP contribution < -0.4 is 0 Å². The fourth-order valence-electron chi connectivity index (χ4n) is 1.29. The summed E-state index contributed by atoms with van der Waals surface area (Å²) in [6, 6.07) is 7.45. The molecule has 0 heterocycles. The number of rotatable bonds is 4. The zero-order valence-corrected chi connectivity index (χ0v) is 11.3. The number of hydrogen-bond acceptors (Lipinski definition) is 1. The molecule has 1 rings (SSSR count). The molecule has 14 heavy (non-hydrogen) atoms. The van der Waals surface area contributed by atoms with Crippen molar-refractivity contribution in [2.24, 2.45) is 5.41 Å². The van der Waals surface area contributed by atoms with Crippen molar-refractivity contribution in [3.63, 3.8) is 0 Å². The Kier molecular flexibility index (Phi) is 4.45. The molecule has 78 valence electrons. The highest BCUT2D eigenvalue weighted by molar-refractivity contribution is 9.09. The van der Waals surface area contributed by atoms with Gasteiger partial charge in [0, 0.05) is 10.7 Å². The lowest BCUT2D eigenvalue weighted by Crippen LogP contribution is -2.23. The van der Waals surface area contributed by atoms with E-state index in [0.29, 0.717) is 5.75 Å². The number of phenols is 1. The van der Waals surface area contributed by atoms with Gasteiger partial charge in [0.25, 0.3) is 0 Å². The van der Waals surface area contributed by atoms with E-state index in [1.807, 2.05) is 18.2 Å². The van der Waals surface area contributed by atoms with Crippen LogP contribution in [0.5, 0.6) is 5.75 Å². The maximum absolute atomic E-state index is 9.33. The molecule has 0 atom stereocenters. The number of hydrogen-bond donors (Lipinski definition) is 1. The van der Waals surface area contributed by atoms with E-state index in [1.54, 1.807) is 6.07 Å². The van der Waals surface area contributed by atoms with Crippen LogP contribution in [-0.2, 0) is 6.42 Å². The minimum absolute atomic E-state index is 0.202. The van der Waals surface area contributed by atoms with Gasteiger partial charge in [-0.3, -0.25) is 0 Å². The summed E-state index contributed by atoms with van der Waals surface area (Å²) in [7, 11) is 0.